The van der Waals surface area contributed by atoms with Crippen LogP contribution in [0.5, 0.6) is 5.75 Å². The second-order valence-corrected chi connectivity index (χ2v) is 10.1. The first-order valence-electron chi connectivity index (χ1n) is 13.1. The number of amides is 1. The third kappa shape index (κ3) is 5.24. The maximum absolute atomic E-state index is 13.4. The molecule has 5 rings (SSSR count). The zero-order chi connectivity index (χ0) is 25.9. The highest BCUT2D eigenvalue weighted by molar-refractivity contribution is 6.01. The average Bonchev–Trinajstić information content (AvgIpc) is 3.28. The molecule has 0 saturated heterocycles. The van der Waals surface area contributed by atoms with Crippen LogP contribution in [0.25, 0.3) is 16.9 Å². The summed E-state index contributed by atoms with van der Waals surface area (Å²) in [6, 6.07) is 9.01. The lowest BCUT2D eigenvalue weighted by atomic mass is 9.91. The molecule has 1 amide bonds. The van der Waals surface area contributed by atoms with E-state index in [-0.39, 0.29) is 35.5 Å². The minimum Gasteiger partial charge on any atom is -0.490 e. The fourth-order valence-corrected chi connectivity index (χ4v) is 5.53. The number of nitro groups is 1. The van der Waals surface area contributed by atoms with Gasteiger partial charge in [0.1, 0.15) is 11.5 Å². The van der Waals surface area contributed by atoms with Crippen LogP contribution in [0.15, 0.2) is 36.5 Å². The Bertz CT molecular complexity index is 1290. The van der Waals surface area contributed by atoms with Crippen molar-refractivity contribution in [1.29, 1.82) is 0 Å². The molecule has 0 unspecified atom stereocenters. The predicted molar refractivity (Wildman–Crippen MR) is 142 cm³/mol. The van der Waals surface area contributed by atoms with Crippen LogP contribution in [0.4, 0.5) is 11.5 Å². The molecular weight excluding hydrogens is 472 g/mol. The van der Waals surface area contributed by atoms with Crippen molar-refractivity contribution in [3.8, 4) is 17.0 Å². The number of hydrogen-bond donors (Lipinski definition) is 3. The van der Waals surface area contributed by atoms with Crippen molar-refractivity contribution in [3.05, 3.63) is 52.2 Å². The van der Waals surface area contributed by atoms with Crippen LogP contribution in [0, 0.1) is 10.1 Å². The van der Waals surface area contributed by atoms with E-state index in [1.54, 1.807) is 18.2 Å². The molecule has 2 saturated carbocycles. The van der Waals surface area contributed by atoms with E-state index in [1.165, 1.54) is 19.6 Å². The van der Waals surface area contributed by atoms with Gasteiger partial charge in [-0.3, -0.25) is 19.3 Å². The molecular formula is C27H34N6O4. The molecule has 2 aliphatic carbocycles. The number of nitrogens with one attached hydrogen (secondary N) is 2. The number of fused-ring (bicyclic) bond motifs is 1. The fourth-order valence-electron chi connectivity index (χ4n) is 5.53. The van der Waals surface area contributed by atoms with Crippen molar-refractivity contribution < 1.29 is 14.5 Å². The molecule has 10 heteroatoms. The Morgan fingerprint density at radius 1 is 1.11 bits per heavy atom. The lowest BCUT2D eigenvalue weighted by molar-refractivity contribution is -0.385. The van der Waals surface area contributed by atoms with Gasteiger partial charge >= 0.3 is 5.69 Å². The van der Waals surface area contributed by atoms with Gasteiger partial charge in [-0.25, -0.2) is 4.98 Å². The molecule has 196 valence electrons. The first-order valence-corrected chi connectivity index (χ1v) is 13.1. The van der Waals surface area contributed by atoms with Crippen LogP contribution in [-0.4, -0.2) is 45.5 Å². The van der Waals surface area contributed by atoms with Gasteiger partial charge in [-0.05, 0) is 62.8 Å². The van der Waals surface area contributed by atoms with Crippen LogP contribution in [-0.2, 0) is 0 Å². The molecule has 2 aromatic heterocycles. The topological polar surface area (TPSA) is 137 Å². The number of carbonyl (C=O) groups is 1. The number of aromatic nitrogens is 2. The van der Waals surface area contributed by atoms with Crippen LogP contribution < -0.4 is 21.1 Å². The molecule has 2 fully saturated rings. The Morgan fingerprint density at radius 3 is 2.57 bits per heavy atom. The fraction of sp³-hybridized carbons (Fsp3) is 0.481. The third-order valence-corrected chi connectivity index (χ3v) is 7.60. The quantitative estimate of drug-likeness (QED) is 0.313. The first-order chi connectivity index (χ1) is 17.9. The van der Waals surface area contributed by atoms with E-state index >= 15 is 0 Å². The highest BCUT2D eigenvalue weighted by Crippen LogP contribution is 2.37. The molecule has 2 aliphatic rings. The van der Waals surface area contributed by atoms with E-state index in [4.69, 9.17) is 15.5 Å². The molecule has 0 aliphatic heterocycles. The van der Waals surface area contributed by atoms with Gasteiger partial charge in [-0.15, -0.1) is 0 Å². The Balaban J connectivity index is 1.57. The van der Waals surface area contributed by atoms with Crippen molar-refractivity contribution in [2.75, 3.05) is 12.4 Å². The maximum Gasteiger partial charge on any atom is 0.311 e. The maximum atomic E-state index is 13.4. The molecule has 37 heavy (non-hydrogen) atoms. The largest absolute Gasteiger partial charge is 0.490 e. The number of methoxy groups -OCH3 is 1. The van der Waals surface area contributed by atoms with E-state index in [0.717, 1.165) is 57.2 Å². The number of nitro benzene ring substituents is 1. The van der Waals surface area contributed by atoms with Gasteiger partial charge < -0.3 is 21.1 Å². The zero-order valence-corrected chi connectivity index (χ0v) is 21.1. The second-order valence-electron chi connectivity index (χ2n) is 10.1. The Labute approximate surface area is 215 Å². The number of ether oxygens (including phenoxy) is 1. The summed E-state index contributed by atoms with van der Waals surface area (Å²) >= 11 is 0. The van der Waals surface area contributed by atoms with Crippen LogP contribution in [0.3, 0.4) is 0 Å². The van der Waals surface area contributed by atoms with E-state index in [1.807, 2.05) is 16.7 Å². The summed E-state index contributed by atoms with van der Waals surface area (Å²) in [7, 11) is 1.41. The smallest absolute Gasteiger partial charge is 0.311 e. The third-order valence-electron chi connectivity index (χ3n) is 7.60. The van der Waals surface area contributed by atoms with Crippen LogP contribution in [0.2, 0.25) is 0 Å². The Morgan fingerprint density at radius 2 is 1.86 bits per heavy atom. The summed E-state index contributed by atoms with van der Waals surface area (Å²) in [6.45, 7) is 0. The molecule has 10 nitrogen and oxygen atoms in total. The summed E-state index contributed by atoms with van der Waals surface area (Å²) < 4.78 is 7.09. The summed E-state index contributed by atoms with van der Waals surface area (Å²) in [5.74, 6) is 0.749. The molecule has 0 spiro atoms. The molecule has 2 heterocycles. The second kappa shape index (κ2) is 10.8. The van der Waals surface area contributed by atoms with Crippen molar-refractivity contribution >= 4 is 23.1 Å². The molecule has 0 bridgehead atoms. The van der Waals surface area contributed by atoms with Crippen LogP contribution >= 0.6 is 0 Å². The lowest BCUT2D eigenvalue weighted by Gasteiger charge is -2.26. The van der Waals surface area contributed by atoms with Gasteiger partial charge in [0.25, 0.3) is 5.91 Å². The number of carbonyl (C=O) groups excluding carboxylic acids is 1. The van der Waals surface area contributed by atoms with E-state index in [0.29, 0.717) is 22.5 Å². The Hall–Kier alpha value is -3.66. The normalized spacial score (nSPS) is 20.5. The number of benzene rings is 1. The minimum atomic E-state index is -0.457. The van der Waals surface area contributed by atoms with Gasteiger partial charge in [0.2, 0.25) is 0 Å². The summed E-state index contributed by atoms with van der Waals surface area (Å²) in [6.07, 6.45) is 11.0. The zero-order valence-electron chi connectivity index (χ0n) is 21.1. The number of rotatable bonds is 7. The average molecular weight is 507 g/mol. The number of nitrogens with two attached hydrogens (primary N) is 1. The summed E-state index contributed by atoms with van der Waals surface area (Å²) in [4.78, 5) is 29.5. The molecule has 0 atom stereocenters. The minimum absolute atomic E-state index is 0.0889. The van der Waals surface area contributed by atoms with E-state index in [2.05, 4.69) is 10.6 Å². The first kappa shape index (κ1) is 25.0. The van der Waals surface area contributed by atoms with Crippen LogP contribution in [0.1, 0.15) is 68.1 Å². The van der Waals surface area contributed by atoms with Gasteiger partial charge in [0.15, 0.2) is 11.4 Å². The van der Waals surface area contributed by atoms with Crippen molar-refractivity contribution in [2.24, 2.45) is 5.73 Å². The SMILES string of the molecule is COc1ccc(-c2nc3c(C(=O)NC4CCC(N)CC4)cccn3c2NC2CCCCC2)cc1[N+](=O)[O-]. The monoisotopic (exact) mass is 506 g/mol. The van der Waals surface area contributed by atoms with Gasteiger partial charge in [-0.1, -0.05) is 19.3 Å². The number of pyridine rings is 1. The molecule has 1 aromatic carbocycles. The van der Waals surface area contributed by atoms with Gasteiger partial charge in [0, 0.05) is 36.0 Å². The van der Waals surface area contributed by atoms with Crippen molar-refractivity contribution in [3.63, 3.8) is 0 Å². The van der Waals surface area contributed by atoms with E-state index in [9.17, 15) is 14.9 Å². The molecule has 4 N–H and O–H groups in total. The van der Waals surface area contributed by atoms with Gasteiger partial charge in [-0.2, -0.15) is 0 Å². The number of imidazole rings is 1. The highest BCUT2D eigenvalue weighted by Gasteiger charge is 2.26. The standard InChI is InChI=1S/C27H34N6O4/c1-37-23-14-9-17(16-22(23)33(35)36)24-26(29-19-6-3-2-4-7-19)32-15-5-8-21(25(32)31-24)27(34)30-20-12-10-18(28)11-13-20/h5,8-9,14-16,18-20,29H,2-4,6-7,10-13,28H2,1H3,(H,30,34). The van der Waals surface area contributed by atoms with Crippen molar-refractivity contribution in [2.45, 2.75) is 75.9 Å². The van der Waals surface area contributed by atoms with Crippen molar-refractivity contribution in [1.82, 2.24) is 14.7 Å². The molecule has 3 aromatic rings. The number of nitrogens with zero attached hydrogens (tertiary/aromatic N) is 3. The van der Waals surface area contributed by atoms with Gasteiger partial charge in [0.05, 0.1) is 17.6 Å². The highest BCUT2D eigenvalue weighted by atomic mass is 16.6. The summed E-state index contributed by atoms with van der Waals surface area (Å²) in [5, 5.41) is 18.5. The van der Waals surface area contributed by atoms with E-state index < -0.39 is 4.92 Å². The number of anilines is 1. The lowest BCUT2D eigenvalue weighted by Crippen LogP contribution is -2.40. The predicted octanol–water partition coefficient (Wildman–Crippen LogP) is 4.66. The Kier molecular flexibility index (Phi) is 7.27. The molecule has 0 radical (unpaired) electrons. The summed E-state index contributed by atoms with van der Waals surface area (Å²) in [5.41, 5.74) is 8.04. The number of hydrogen-bond acceptors (Lipinski definition) is 7.